The van der Waals surface area contributed by atoms with Gasteiger partial charge in [-0.1, -0.05) is 13.3 Å². The number of hydrogen-bond acceptors (Lipinski definition) is 3. The van der Waals surface area contributed by atoms with E-state index in [0.717, 1.165) is 12.8 Å². The Bertz CT molecular complexity index is 181. The van der Waals surface area contributed by atoms with Gasteiger partial charge in [0.1, 0.15) is 0 Å². The Hall–Kier alpha value is -0.610. The van der Waals surface area contributed by atoms with Gasteiger partial charge in [-0.3, -0.25) is 4.79 Å². The van der Waals surface area contributed by atoms with Gasteiger partial charge in [-0.25, -0.2) is 0 Å². The van der Waals surface area contributed by atoms with Crippen molar-refractivity contribution in [1.82, 2.24) is 4.90 Å². The van der Waals surface area contributed by atoms with Crippen LogP contribution < -0.4 is 5.73 Å². The van der Waals surface area contributed by atoms with Gasteiger partial charge in [0.2, 0.25) is 5.91 Å². The lowest BCUT2D eigenvalue weighted by molar-refractivity contribution is -0.134. The number of nitrogens with two attached hydrogens (primary N) is 1. The normalized spacial score (nSPS) is 14.7. The Labute approximate surface area is 92.8 Å². The highest BCUT2D eigenvalue weighted by Gasteiger charge is 2.18. The minimum atomic E-state index is -0.159. The molecule has 0 aliphatic carbocycles. The first-order valence-electron chi connectivity index (χ1n) is 5.55. The molecule has 2 unspecified atom stereocenters. The molecule has 2 N–H and O–H groups in total. The average Bonchev–Trinajstić information content (AvgIpc) is 2.24. The summed E-state index contributed by atoms with van der Waals surface area (Å²) in [7, 11) is 3.42. The summed E-state index contributed by atoms with van der Waals surface area (Å²) in [6.45, 7) is 4.57. The van der Waals surface area contributed by atoms with Crippen molar-refractivity contribution in [2.24, 2.45) is 5.73 Å². The summed E-state index contributed by atoms with van der Waals surface area (Å²) in [4.78, 5) is 13.6. The molecule has 0 saturated carbocycles. The quantitative estimate of drug-likeness (QED) is 0.690. The zero-order valence-corrected chi connectivity index (χ0v) is 10.3. The van der Waals surface area contributed by atoms with Crippen molar-refractivity contribution in [3.05, 3.63) is 0 Å². The number of carbonyl (C=O) groups excluding carboxylic acids is 1. The molecule has 4 heteroatoms. The van der Waals surface area contributed by atoms with Crippen LogP contribution in [0.3, 0.4) is 0 Å². The van der Waals surface area contributed by atoms with Crippen molar-refractivity contribution in [2.75, 3.05) is 20.7 Å². The highest BCUT2D eigenvalue weighted by atomic mass is 16.5. The Balaban J connectivity index is 4.07. The number of nitrogens with zero attached hydrogens (tertiary/aromatic N) is 1. The lowest BCUT2D eigenvalue weighted by Gasteiger charge is -2.26. The topological polar surface area (TPSA) is 55.6 Å². The minimum Gasteiger partial charge on any atom is -0.380 e. The molecule has 1 amide bonds. The largest absolute Gasteiger partial charge is 0.380 e. The molecule has 0 bridgehead atoms. The van der Waals surface area contributed by atoms with E-state index in [1.165, 1.54) is 0 Å². The van der Waals surface area contributed by atoms with Gasteiger partial charge in [-0.05, 0) is 13.3 Å². The third-order valence-corrected chi connectivity index (χ3v) is 2.76. The molecule has 0 aromatic carbocycles. The summed E-state index contributed by atoms with van der Waals surface area (Å²) >= 11 is 0. The van der Waals surface area contributed by atoms with E-state index in [1.54, 1.807) is 12.0 Å². The molecule has 90 valence electrons. The highest BCUT2D eigenvalue weighted by Crippen LogP contribution is 2.07. The van der Waals surface area contributed by atoms with Crippen molar-refractivity contribution in [2.45, 2.75) is 45.3 Å². The van der Waals surface area contributed by atoms with Crippen LogP contribution in [0.4, 0.5) is 0 Å². The molecule has 2 atom stereocenters. The smallest absolute Gasteiger partial charge is 0.225 e. The second kappa shape index (κ2) is 7.65. The fourth-order valence-electron chi connectivity index (χ4n) is 1.46. The van der Waals surface area contributed by atoms with Crippen molar-refractivity contribution >= 4 is 5.91 Å². The lowest BCUT2D eigenvalue weighted by atomic mass is 10.1. The van der Waals surface area contributed by atoms with Crippen LogP contribution in [0.5, 0.6) is 0 Å². The van der Waals surface area contributed by atoms with Gasteiger partial charge >= 0.3 is 0 Å². The van der Waals surface area contributed by atoms with Crippen LogP contribution in [0.2, 0.25) is 0 Å². The Morgan fingerprint density at radius 1 is 1.53 bits per heavy atom. The van der Waals surface area contributed by atoms with Crippen LogP contribution in [0.15, 0.2) is 0 Å². The molecule has 0 rings (SSSR count). The first kappa shape index (κ1) is 14.4. The maximum atomic E-state index is 11.8. The van der Waals surface area contributed by atoms with E-state index in [0.29, 0.717) is 13.0 Å². The van der Waals surface area contributed by atoms with E-state index < -0.39 is 0 Å². The van der Waals surface area contributed by atoms with Gasteiger partial charge in [0.15, 0.2) is 0 Å². The van der Waals surface area contributed by atoms with Crippen LogP contribution in [-0.2, 0) is 9.53 Å². The number of rotatable bonds is 7. The maximum Gasteiger partial charge on any atom is 0.225 e. The van der Waals surface area contributed by atoms with Gasteiger partial charge in [-0.2, -0.15) is 0 Å². The summed E-state index contributed by atoms with van der Waals surface area (Å²) in [5.74, 6) is 0.105. The predicted molar refractivity (Wildman–Crippen MR) is 61.6 cm³/mol. The summed E-state index contributed by atoms with van der Waals surface area (Å²) < 4.78 is 5.09. The van der Waals surface area contributed by atoms with Crippen molar-refractivity contribution in [3.8, 4) is 0 Å². The highest BCUT2D eigenvalue weighted by molar-refractivity contribution is 5.76. The Morgan fingerprint density at radius 3 is 2.53 bits per heavy atom. The summed E-state index contributed by atoms with van der Waals surface area (Å²) in [5, 5.41) is 0. The van der Waals surface area contributed by atoms with E-state index >= 15 is 0 Å². The fourth-order valence-corrected chi connectivity index (χ4v) is 1.46. The molecule has 4 nitrogen and oxygen atoms in total. The monoisotopic (exact) mass is 216 g/mol. The van der Waals surface area contributed by atoms with E-state index in [2.05, 4.69) is 13.8 Å². The number of methoxy groups -OCH3 is 1. The van der Waals surface area contributed by atoms with E-state index in [1.807, 2.05) is 7.05 Å². The third kappa shape index (κ3) is 5.14. The third-order valence-electron chi connectivity index (χ3n) is 2.76. The number of amides is 1. The molecule has 0 heterocycles. The summed E-state index contributed by atoms with van der Waals surface area (Å²) in [6, 6.07) is 0.290. The predicted octanol–water partition coefficient (Wildman–Crippen LogP) is 0.997. The zero-order chi connectivity index (χ0) is 11.8. The van der Waals surface area contributed by atoms with E-state index in [-0.39, 0.29) is 18.1 Å². The van der Waals surface area contributed by atoms with Crippen molar-refractivity contribution in [3.63, 3.8) is 0 Å². The lowest BCUT2D eigenvalue weighted by Crippen LogP contribution is -2.38. The minimum absolute atomic E-state index is 0.105. The zero-order valence-electron chi connectivity index (χ0n) is 10.3. The fraction of sp³-hybridized carbons (Fsp3) is 0.909. The van der Waals surface area contributed by atoms with Crippen LogP contribution >= 0.6 is 0 Å². The van der Waals surface area contributed by atoms with Gasteiger partial charge in [0.25, 0.3) is 0 Å². The second-order valence-electron chi connectivity index (χ2n) is 3.94. The molecule has 0 spiro atoms. The molecule has 0 aromatic rings. The standard InChI is InChI=1S/C11H24N2O2/c1-5-6-9(2)13(3)11(14)7-10(8-12)15-4/h9-10H,5-8,12H2,1-4H3. The molecule has 0 fully saturated rings. The number of hydrogen-bond donors (Lipinski definition) is 1. The SMILES string of the molecule is CCCC(C)N(C)C(=O)CC(CN)OC. The molecule has 0 aromatic heterocycles. The van der Waals surface area contributed by atoms with Crippen LogP contribution in [0.25, 0.3) is 0 Å². The average molecular weight is 216 g/mol. The second-order valence-corrected chi connectivity index (χ2v) is 3.94. The van der Waals surface area contributed by atoms with E-state index in [9.17, 15) is 4.79 Å². The molecule has 15 heavy (non-hydrogen) atoms. The van der Waals surface area contributed by atoms with Crippen molar-refractivity contribution < 1.29 is 9.53 Å². The molecule has 0 aliphatic rings. The van der Waals surface area contributed by atoms with Crippen LogP contribution in [0, 0.1) is 0 Å². The van der Waals surface area contributed by atoms with Crippen molar-refractivity contribution in [1.29, 1.82) is 0 Å². The summed E-state index contributed by atoms with van der Waals surface area (Å²) in [5.41, 5.74) is 5.47. The molecule has 0 aliphatic heterocycles. The molecule has 0 saturated heterocycles. The number of carbonyl (C=O) groups is 1. The maximum absolute atomic E-state index is 11.8. The molecule has 0 radical (unpaired) electrons. The molecular formula is C11H24N2O2. The number of ether oxygens (including phenoxy) is 1. The van der Waals surface area contributed by atoms with Crippen LogP contribution in [-0.4, -0.2) is 43.7 Å². The Morgan fingerprint density at radius 2 is 2.13 bits per heavy atom. The molecular weight excluding hydrogens is 192 g/mol. The van der Waals surface area contributed by atoms with Gasteiger partial charge in [-0.15, -0.1) is 0 Å². The van der Waals surface area contributed by atoms with Crippen LogP contribution in [0.1, 0.15) is 33.1 Å². The first-order valence-corrected chi connectivity index (χ1v) is 5.55. The van der Waals surface area contributed by atoms with Gasteiger partial charge in [0.05, 0.1) is 12.5 Å². The van der Waals surface area contributed by atoms with E-state index in [4.69, 9.17) is 10.5 Å². The first-order chi connectivity index (χ1) is 7.06. The van der Waals surface area contributed by atoms with Gasteiger partial charge < -0.3 is 15.4 Å². The Kier molecular flexibility index (Phi) is 7.34. The summed E-state index contributed by atoms with van der Waals surface area (Å²) in [6.07, 6.45) is 2.33. The van der Waals surface area contributed by atoms with Gasteiger partial charge in [0, 0.05) is 26.7 Å².